The molecule has 4 nitrogen and oxygen atoms in total. The van der Waals surface area contributed by atoms with E-state index < -0.39 is 0 Å². The smallest absolute Gasteiger partial charge is 0.270 e. The highest BCUT2D eigenvalue weighted by atomic mass is 32.1. The monoisotopic (exact) mass is 251 g/mol. The second-order valence-electron chi connectivity index (χ2n) is 5.15. The largest absolute Gasteiger partial charge is 0.350 e. The molecular weight excluding hydrogens is 234 g/mol. The van der Waals surface area contributed by atoms with E-state index in [0.29, 0.717) is 17.7 Å². The highest BCUT2D eigenvalue weighted by Gasteiger charge is 2.53. The van der Waals surface area contributed by atoms with Crippen LogP contribution in [0, 0.1) is 11.3 Å². The van der Waals surface area contributed by atoms with Crippen LogP contribution in [0.25, 0.3) is 0 Å². The third-order valence-corrected chi connectivity index (χ3v) is 4.77. The fourth-order valence-electron chi connectivity index (χ4n) is 2.44. The molecule has 2 fully saturated rings. The third kappa shape index (κ3) is 2.21. The minimum Gasteiger partial charge on any atom is -0.350 e. The quantitative estimate of drug-likeness (QED) is 0.833. The Morgan fingerprint density at radius 1 is 1.59 bits per heavy atom. The van der Waals surface area contributed by atoms with Crippen molar-refractivity contribution < 1.29 is 4.79 Å². The van der Waals surface area contributed by atoms with Gasteiger partial charge in [0, 0.05) is 18.5 Å². The van der Waals surface area contributed by atoms with Crippen LogP contribution in [0.5, 0.6) is 0 Å². The molecule has 3 rings (SSSR count). The summed E-state index contributed by atoms with van der Waals surface area (Å²) in [5, 5.41) is 5.63. The Kier molecular flexibility index (Phi) is 2.67. The molecule has 2 aliphatic rings. The van der Waals surface area contributed by atoms with Crippen LogP contribution in [0.3, 0.4) is 0 Å². The Bertz CT molecular complexity index is 435. The maximum Gasteiger partial charge on any atom is 0.270 e. The highest BCUT2D eigenvalue weighted by molar-refractivity contribution is 7.09. The number of carbonyl (C=O) groups is 1. The van der Waals surface area contributed by atoms with Crippen molar-refractivity contribution in [2.75, 3.05) is 6.54 Å². The summed E-state index contributed by atoms with van der Waals surface area (Å²) in [6, 6.07) is 0. The van der Waals surface area contributed by atoms with Gasteiger partial charge in [-0.15, -0.1) is 11.3 Å². The van der Waals surface area contributed by atoms with Crippen LogP contribution in [-0.4, -0.2) is 17.4 Å². The van der Waals surface area contributed by atoms with Gasteiger partial charge in [-0.1, -0.05) is 0 Å². The number of hydrogen-bond acceptors (Lipinski definition) is 4. The zero-order valence-electron chi connectivity index (χ0n) is 9.74. The molecule has 0 atom stereocenters. The number of nitrogens with one attached hydrogen (secondary N) is 1. The summed E-state index contributed by atoms with van der Waals surface area (Å²) in [6.07, 6.45) is 5.26. The highest BCUT2D eigenvalue weighted by Crippen LogP contribution is 2.60. The molecular formula is C12H17N3OS. The maximum absolute atomic E-state index is 11.9. The van der Waals surface area contributed by atoms with Crippen molar-refractivity contribution in [2.45, 2.75) is 32.2 Å². The van der Waals surface area contributed by atoms with Gasteiger partial charge in [0.05, 0.1) is 0 Å². The molecule has 0 spiro atoms. The van der Waals surface area contributed by atoms with E-state index in [9.17, 15) is 4.79 Å². The van der Waals surface area contributed by atoms with Crippen molar-refractivity contribution in [2.24, 2.45) is 17.1 Å². The van der Waals surface area contributed by atoms with Crippen LogP contribution in [0.2, 0.25) is 0 Å². The molecule has 1 aromatic heterocycles. The molecule has 0 aliphatic heterocycles. The van der Waals surface area contributed by atoms with E-state index in [1.165, 1.54) is 37.0 Å². The van der Waals surface area contributed by atoms with Gasteiger partial charge in [-0.05, 0) is 37.0 Å². The number of nitrogens with two attached hydrogens (primary N) is 1. The topological polar surface area (TPSA) is 68.0 Å². The summed E-state index contributed by atoms with van der Waals surface area (Å²) >= 11 is 1.45. The number of amides is 1. The Hall–Kier alpha value is -0.940. The van der Waals surface area contributed by atoms with Crippen LogP contribution in [0.15, 0.2) is 5.38 Å². The Labute approximate surface area is 105 Å². The molecule has 2 saturated carbocycles. The number of thiazole rings is 1. The summed E-state index contributed by atoms with van der Waals surface area (Å²) < 4.78 is 0. The lowest BCUT2D eigenvalue weighted by Crippen LogP contribution is -2.31. The second kappa shape index (κ2) is 4.07. The molecule has 2 aliphatic carbocycles. The Balaban J connectivity index is 1.56. The number of rotatable bonds is 5. The normalized spacial score (nSPS) is 21.2. The van der Waals surface area contributed by atoms with Crippen LogP contribution < -0.4 is 11.1 Å². The molecule has 1 amide bonds. The molecule has 0 aromatic carbocycles. The van der Waals surface area contributed by atoms with Gasteiger partial charge in [0.1, 0.15) is 10.7 Å². The number of carbonyl (C=O) groups excluding carboxylic acids is 1. The van der Waals surface area contributed by atoms with E-state index in [0.717, 1.165) is 17.5 Å². The van der Waals surface area contributed by atoms with E-state index in [1.807, 2.05) is 0 Å². The average molecular weight is 251 g/mol. The second-order valence-corrected chi connectivity index (χ2v) is 6.09. The Morgan fingerprint density at radius 2 is 2.35 bits per heavy atom. The molecule has 0 bridgehead atoms. The van der Waals surface area contributed by atoms with Crippen molar-refractivity contribution in [1.29, 1.82) is 0 Å². The van der Waals surface area contributed by atoms with Gasteiger partial charge in [-0.25, -0.2) is 4.98 Å². The molecule has 1 heterocycles. The number of hydrogen-bond donors (Lipinski definition) is 2. The van der Waals surface area contributed by atoms with E-state index >= 15 is 0 Å². The molecule has 1 aromatic rings. The van der Waals surface area contributed by atoms with Gasteiger partial charge >= 0.3 is 0 Å². The lowest BCUT2D eigenvalue weighted by molar-refractivity contribution is 0.0938. The van der Waals surface area contributed by atoms with Crippen molar-refractivity contribution in [1.82, 2.24) is 10.3 Å². The summed E-state index contributed by atoms with van der Waals surface area (Å²) in [5.41, 5.74) is 6.44. The molecule has 92 valence electrons. The SMILES string of the molecule is NCc1nc(C(=O)NCC2(C3CC3)CC2)cs1. The van der Waals surface area contributed by atoms with Gasteiger partial charge < -0.3 is 11.1 Å². The fourth-order valence-corrected chi connectivity index (χ4v) is 3.10. The Morgan fingerprint density at radius 3 is 2.88 bits per heavy atom. The van der Waals surface area contributed by atoms with Gasteiger partial charge in [0.15, 0.2) is 0 Å². The number of nitrogens with zero attached hydrogens (tertiary/aromatic N) is 1. The van der Waals surface area contributed by atoms with Crippen LogP contribution >= 0.6 is 11.3 Å². The zero-order chi connectivity index (χ0) is 11.9. The molecule has 0 unspecified atom stereocenters. The van der Waals surface area contributed by atoms with Crippen LogP contribution in [-0.2, 0) is 6.54 Å². The maximum atomic E-state index is 11.9. The minimum absolute atomic E-state index is 0.0483. The summed E-state index contributed by atoms with van der Waals surface area (Å²) in [6.45, 7) is 1.23. The predicted molar refractivity (Wildman–Crippen MR) is 66.7 cm³/mol. The van der Waals surface area contributed by atoms with Gasteiger partial charge in [-0.2, -0.15) is 0 Å². The van der Waals surface area contributed by atoms with Gasteiger partial charge in [0.25, 0.3) is 5.91 Å². The lowest BCUT2D eigenvalue weighted by atomic mass is 10.0. The third-order valence-electron chi connectivity index (χ3n) is 3.90. The van der Waals surface area contributed by atoms with Gasteiger partial charge in [0.2, 0.25) is 0 Å². The first kappa shape index (κ1) is 11.2. The van der Waals surface area contributed by atoms with Crippen molar-refractivity contribution in [3.63, 3.8) is 0 Å². The first-order chi connectivity index (χ1) is 8.23. The van der Waals surface area contributed by atoms with E-state index in [1.54, 1.807) is 5.38 Å². The first-order valence-corrected chi connectivity index (χ1v) is 7.04. The number of aromatic nitrogens is 1. The molecule has 0 saturated heterocycles. The summed E-state index contributed by atoms with van der Waals surface area (Å²) in [4.78, 5) is 16.1. The summed E-state index contributed by atoms with van der Waals surface area (Å²) in [5.74, 6) is 0.825. The van der Waals surface area contributed by atoms with Crippen molar-refractivity contribution in [3.8, 4) is 0 Å². The first-order valence-electron chi connectivity index (χ1n) is 6.16. The standard InChI is InChI=1S/C12H17N3OS/c13-5-10-15-9(6-17-10)11(16)14-7-12(3-4-12)8-1-2-8/h6,8H,1-5,7,13H2,(H,14,16). The van der Waals surface area contributed by atoms with Crippen LogP contribution in [0.1, 0.15) is 41.2 Å². The summed E-state index contributed by atoms with van der Waals surface area (Å²) in [7, 11) is 0. The molecule has 0 radical (unpaired) electrons. The zero-order valence-corrected chi connectivity index (χ0v) is 10.6. The lowest BCUT2D eigenvalue weighted by Gasteiger charge is -2.14. The molecule has 5 heteroatoms. The minimum atomic E-state index is -0.0483. The van der Waals surface area contributed by atoms with Crippen LogP contribution in [0.4, 0.5) is 0 Å². The van der Waals surface area contributed by atoms with E-state index in [4.69, 9.17) is 5.73 Å². The van der Waals surface area contributed by atoms with Gasteiger partial charge in [-0.3, -0.25) is 4.79 Å². The molecule has 3 N–H and O–H groups in total. The predicted octanol–water partition coefficient (Wildman–Crippen LogP) is 1.52. The average Bonchev–Trinajstić information content (AvgIpc) is 3.23. The van der Waals surface area contributed by atoms with E-state index in [2.05, 4.69) is 10.3 Å². The van der Waals surface area contributed by atoms with E-state index in [-0.39, 0.29) is 5.91 Å². The fraction of sp³-hybridized carbons (Fsp3) is 0.667. The van der Waals surface area contributed by atoms with Crippen molar-refractivity contribution in [3.05, 3.63) is 16.1 Å². The van der Waals surface area contributed by atoms with Crippen molar-refractivity contribution >= 4 is 17.2 Å². The molecule has 17 heavy (non-hydrogen) atoms.